The molecule has 0 radical (unpaired) electrons. The van der Waals surface area contributed by atoms with Crippen molar-refractivity contribution in [3.05, 3.63) is 66.6 Å². The third kappa shape index (κ3) is 5.24. The fourth-order valence-corrected chi connectivity index (χ4v) is 2.34. The van der Waals surface area contributed by atoms with Gasteiger partial charge in [-0.25, -0.2) is 23.8 Å². The Kier molecular flexibility index (Phi) is 5.93. The number of nitrogens with one attached hydrogen (secondary N) is 2. The molecule has 0 bridgehead atoms. The lowest BCUT2D eigenvalue weighted by molar-refractivity contribution is 0.226. The van der Waals surface area contributed by atoms with E-state index in [0.29, 0.717) is 11.6 Å². The van der Waals surface area contributed by atoms with Crippen LogP contribution in [0.15, 0.2) is 55.2 Å². The van der Waals surface area contributed by atoms with E-state index in [0.717, 1.165) is 5.56 Å². The number of carbonyl (C=O) groups excluding carboxylic acids is 1. The molecular weight excluding hydrogens is 351 g/mol. The van der Waals surface area contributed by atoms with Gasteiger partial charge in [-0.2, -0.15) is 5.10 Å². The standard InChI is InChI=1S/C18H19FN6O2/c1-13(10-27-16-6-4-15(19)5-7-16)24-18(26)22-9-14-3-2-8-21-17(14)25-12-20-11-23-25/h2-8,11-13H,9-10H2,1H3,(H2,22,24,26)/t13-/m1/s1. The summed E-state index contributed by atoms with van der Waals surface area (Å²) in [6.45, 7) is 2.35. The number of aromatic nitrogens is 4. The van der Waals surface area contributed by atoms with Crippen LogP contribution in [0.3, 0.4) is 0 Å². The lowest BCUT2D eigenvalue weighted by Gasteiger charge is -2.16. The van der Waals surface area contributed by atoms with E-state index in [2.05, 4.69) is 25.7 Å². The van der Waals surface area contributed by atoms with Crippen molar-refractivity contribution in [2.75, 3.05) is 6.61 Å². The zero-order valence-electron chi connectivity index (χ0n) is 14.7. The number of rotatable bonds is 7. The molecule has 3 aromatic rings. The van der Waals surface area contributed by atoms with Gasteiger partial charge in [-0.15, -0.1) is 0 Å². The van der Waals surface area contributed by atoms with Crippen LogP contribution >= 0.6 is 0 Å². The summed E-state index contributed by atoms with van der Waals surface area (Å²) in [6, 6.07) is 8.78. The van der Waals surface area contributed by atoms with Crippen LogP contribution < -0.4 is 15.4 Å². The van der Waals surface area contributed by atoms with E-state index in [1.54, 1.807) is 18.6 Å². The molecule has 0 aliphatic rings. The quantitative estimate of drug-likeness (QED) is 0.664. The number of benzene rings is 1. The predicted molar refractivity (Wildman–Crippen MR) is 95.9 cm³/mol. The molecule has 27 heavy (non-hydrogen) atoms. The van der Waals surface area contributed by atoms with Crippen LogP contribution in [0.25, 0.3) is 5.82 Å². The van der Waals surface area contributed by atoms with Gasteiger partial charge in [0, 0.05) is 18.3 Å². The van der Waals surface area contributed by atoms with Crippen molar-refractivity contribution in [2.24, 2.45) is 0 Å². The number of nitrogens with zero attached hydrogens (tertiary/aromatic N) is 4. The molecule has 1 atom stereocenters. The highest BCUT2D eigenvalue weighted by molar-refractivity contribution is 5.74. The van der Waals surface area contributed by atoms with Gasteiger partial charge < -0.3 is 15.4 Å². The SMILES string of the molecule is C[C@H](COc1ccc(F)cc1)NC(=O)NCc1cccnc1-n1cncn1. The van der Waals surface area contributed by atoms with Crippen molar-refractivity contribution >= 4 is 6.03 Å². The minimum Gasteiger partial charge on any atom is -0.491 e. The van der Waals surface area contributed by atoms with E-state index < -0.39 is 0 Å². The average Bonchev–Trinajstić information content (AvgIpc) is 3.21. The molecule has 140 valence electrons. The normalized spacial score (nSPS) is 11.6. The van der Waals surface area contributed by atoms with Crippen molar-refractivity contribution < 1.29 is 13.9 Å². The highest BCUT2D eigenvalue weighted by Gasteiger charge is 2.11. The van der Waals surface area contributed by atoms with Crippen LogP contribution in [-0.4, -0.2) is 38.4 Å². The van der Waals surface area contributed by atoms with Crippen molar-refractivity contribution in [2.45, 2.75) is 19.5 Å². The smallest absolute Gasteiger partial charge is 0.315 e. The lowest BCUT2D eigenvalue weighted by Crippen LogP contribution is -2.43. The first kappa shape index (κ1) is 18.3. The van der Waals surface area contributed by atoms with Gasteiger partial charge in [-0.1, -0.05) is 6.07 Å². The number of carbonyl (C=O) groups is 1. The average molecular weight is 370 g/mol. The number of amides is 2. The summed E-state index contributed by atoms with van der Waals surface area (Å²) in [6.07, 6.45) is 4.61. The number of pyridine rings is 1. The fourth-order valence-electron chi connectivity index (χ4n) is 2.34. The zero-order chi connectivity index (χ0) is 19.1. The van der Waals surface area contributed by atoms with E-state index in [1.807, 2.05) is 13.0 Å². The second-order valence-electron chi connectivity index (χ2n) is 5.82. The van der Waals surface area contributed by atoms with E-state index in [4.69, 9.17) is 4.74 Å². The van der Waals surface area contributed by atoms with Crippen LogP contribution in [-0.2, 0) is 6.54 Å². The molecule has 3 rings (SSSR count). The predicted octanol–water partition coefficient (Wildman–Crippen LogP) is 2.07. The summed E-state index contributed by atoms with van der Waals surface area (Å²) in [7, 11) is 0. The Labute approximate surface area is 155 Å². The maximum absolute atomic E-state index is 12.9. The summed E-state index contributed by atoms with van der Waals surface area (Å²) < 4.78 is 19.9. The maximum Gasteiger partial charge on any atom is 0.315 e. The molecule has 0 unspecified atom stereocenters. The van der Waals surface area contributed by atoms with Gasteiger partial charge in [0.05, 0.1) is 6.04 Å². The highest BCUT2D eigenvalue weighted by Crippen LogP contribution is 2.11. The van der Waals surface area contributed by atoms with Gasteiger partial charge in [0.25, 0.3) is 0 Å². The molecule has 2 aromatic heterocycles. The molecule has 0 saturated carbocycles. The van der Waals surface area contributed by atoms with Gasteiger partial charge in [0.1, 0.15) is 30.8 Å². The summed E-state index contributed by atoms with van der Waals surface area (Å²) in [5, 5.41) is 9.62. The van der Waals surface area contributed by atoms with Crippen LogP contribution in [0.4, 0.5) is 9.18 Å². The van der Waals surface area contributed by atoms with E-state index in [-0.39, 0.29) is 31.0 Å². The second kappa shape index (κ2) is 8.75. The summed E-state index contributed by atoms with van der Waals surface area (Å²) in [4.78, 5) is 20.3. The first-order valence-corrected chi connectivity index (χ1v) is 8.33. The number of ether oxygens (including phenoxy) is 1. The number of halogens is 1. The Morgan fingerprint density at radius 3 is 2.85 bits per heavy atom. The van der Waals surface area contributed by atoms with Gasteiger partial charge >= 0.3 is 6.03 Å². The number of hydrogen-bond donors (Lipinski definition) is 2. The Bertz CT molecular complexity index is 870. The zero-order valence-corrected chi connectivity index (χ0v) is 14.7. The van der Waals surface area contributed by atoms with E-state index in [1.165, 1.54) is 35.3 Å². The molecule has 2 amide bonds. The molecule has 0 aliphatic carbocycles. The van der Waals surface area contributed by atoms with Crippen molar-refractivity contribution in [3.63, 3.8) is 0 Å². The Morgan fingerprint density at radius 2 is 2.11 bits per heavy atom. The van der Waals surface area contributed by atoms with Gasteiger partial charge in [0.15, 0.2) is 5.82 Å². The van der Waals surface area contributed by atoms with Crippen molar-refractivity contribution in [1.29, 1.82) is 0 Å². The molecule has 2 N–H and O–H groups in total. The Hall–Kier alpha value is -3.49. The molecule has 0 spiro atoms. The van der Waals surface area contributed by atoms with Crippen LogP contribution in [0.5, 0.6) is 5.75 Å². The van der Waals surface area contributed by atoms with Gasteiger partial charge in [-0.05, 0) is 37.3 Å². The topological polar surface area (TPSA) is 94.0 Å². The monoisotopic (exact) mass is 370 g/mol. The molecule has 0 saturated heterocycles. The van der Waals surface area contributed by atoms with Crippen molar-refractivity contribution in [3.8, 4) is 11.6 Å². The fraction of sp³-hybridized carbons (Fsp3) is 0.222. The van der Waals surface area contributed by atoms with Crippen LogP contribution in [0.1, 0.15) is 12.5 Å². The first-order chi connectivity index (χ1) is 13.1. The third-order valence-electron chi connectivity index (χ3n) is 3.63. The largest absolute Gasteiger partial charge is 0.491 e. The molecule has 9 heteroatoms. The summed E-state index contributed by atoms with van der Waals surface area (Å²) in [5.41, 5.74) is 0.799. The molecule has 2 heterocycles. The minimum atomic E-state index is -0.335. The molecular formula is C18H19FN6O2. The maximum atomic E-state index is 12.9. The molecule has 0 aliphatic heterocycles. The minimum absolute atomic E-state index is 0.237. The van der Waals surface area contributed by atoms with Crippen LogP contribution in [0, 0.1) is 5.82 Å². The third-order valence-corrected chi connectivity index (χ3v) is 3.63. The Balaban J connectivity index is 1.48. The first-order valence-electron chi connectivity index (χ1n) is 8.33. The lowest BCUT2D eigenvalue weighted by atomic mass is 10.2. The highest BCUT2D eigenvalue weighted by atomic mass is 19.1. The molecule has 0 fully saturated rings. The molecule has 8 nitrogen and oxygen atoms in total. The molecule has 1 aromatic carbocycles. The van der Waals surface area contributed by atoms with E-state index in [9.17, 15) is 9.18 Å². The van der Waals surface area contributed by atoms with Crippen molar-refractivity contribution in [1.82, 2.24) is 30.4 Å². The van der Waals surface area contributed by atoms with Gasteiger partial charge in [0.2, 0.25) is 0 Å². The second-order valence-corrected chi connectivity index (χ2v) is 5.82. The summed E-state index contributed by atoms with van der Waals surface area (Å²) in [5.74, 6) is 0.815. The number of hydrogen-bond acceptors (Lipinski definition) is 5. The Morgan fingerprint density at radius 1 is 1.30 bits per heavy atom. The van der Waals surface area contributed by atoms with E-state index >= 15 is 0 Å². The summed E-state index contributed by atoms with van der Waals surface area (Å²) >= 11 is 0. The number of urea groups is 1. The van der Waals surface area contributed by atoms with Gasteiger partial charge in [-0.3, -0.25) is 0 Å². The van der Waals surface area contributed by atoms with Crippen LogP contribution in [0.2, 0.25) is 0 Å².